The zero-order valence-corrected chi connectivity index (χ0v) is 75.2. The fourth-order valence-electron chi connectivity index (χ4n) is 5.35. The second-order valence-corrected chi connectivity index (χ2v) is 73.3. The van der Waals surface area contributed by atoms with Crippen LogP contribution in [-0.2, 0) is 70.0 Å². The molecular formula is C22H98O44Si22. The molecule has 27 N–H and O–H groups in total. The molecule has 6 unspecified atom stereocenters. The molecule has 0 amide bonds. The van der Waals surface area contributed by atoms with Crippen molar-refractivity contribution in [3.05, 3.63) is 0 Å². The van der Waals surface area contributed by atoms with Gasteiger partial charge in [-0.1, -0.05) is 0 Å². The van der Waals surface area contributed by atoms with E-state index in [-0.39, 0.29) is 0 Å². The lowest BCUT2D eigenvalue weighted by molar-refractivity contribution is 0.0213. The fraction of sp³-hybridized carbons (Fsp3) is 1.00. The minimum Gasteiger partial charge on any atom is -0.419 e. The molecule has 0 aromatic carbocycles. The van der Waals surface area contributed by atoms with Gasteiger partial charge in [-0.3, -0.25) is 0 Å². The largest absolute Gasteiger partial charge is 0.660 e. The maximum Gasteiger partial charge on any atom is 0.660 e. The van der Waals surface area contributed by atoms with E-state index in [1.54, 1.807) is 39.3 Å². The highest BCUT2D eigenvalue weighted by Crippen LogP contribution is 2.23. The molecule has 0 aliphatic rings. The van der Waals surface area contributed by atoms with Crippen molar-refractivity contribution in [2.75, 3.05) is 0 Å². The van der Waals surface area contributed by atoms with Crippen molar-refractivity contribution in [1.29, 1.82) is 0 Å². The van der Waals surface area contributed by atoms with Crippen molar-refractivity contribution >= 4 is 196 Å². The van der Waals surface area contributed by atoms with E-state index in [1.165, 1.54) is 26.2 Å². The average molecular weight is 1680 g/mol. The Labute approximate surface area is 536 Å². The summed E-state index contributed by atoms with van der Waals surface area (Å²) in [7, 11) is -81.6. The predicted molar refractivity (Wildman–Crippen MR) is 341 cm³/mol. The second-order valence-electron chi connectivity index (χ2n) is 20.8. The zero-order chi connectivity index (χ0) is 72.4. The van der Waals surface area contributed by atoms with Crippen molar-refractivity contribution < 1.29 is 199 Å². The summed E-state index contributed by atoms with van der Waals surface area (Å²) in [6.07, 6.45) is 0. The molecule has 0 fully saturated rings. The van der Waals surface area contributed by atoms with E-state index in [2.05, 4.69) is 37.0 Å². The van der Waals surface area contributed by atoms with Crippen molar-refractivity contribution in [2.24, 2.45) is 0 Å². The highest BCUT2D eigenvalue weighted by Gasteiger charge is 2.62. The van der Waals surface area contributed by atoms with Gasteiger partial charge in [-0.05, 0) is 65.5 Å². The van der Waals surface area contributed by atoms with Gasteiger partial charge in [0.25, 0.3) is 0 Å². The third kappa shape index (κ3) is 68.9. The summed E-state index contributed by atoms with van der Waals surface area (Å²) in [5.41, 5.74) is 0. The Bertz CT molecular complexity index is 1870. The second kappa shape index (κ2) is 38.0. The van der Waals surface area contributed by atoms with E-state index in [9.17, 15) is 71.9 Å². The SMILES string of the molecule is C[SiH](C)O[Si](C)(O)O[Si](C)(O)O.C[SiH](C)O[Si](C)(O)O[Si](C)(O)O[Si](C)(O)O.C[SiH](C)O[Si](O)(O[Si](C)(O)O)O[Si](C)(O)O.C[SiH](C)O[Si](O)(O[Si](C)(O)O)O[Si](O)(O)O[Si](C)(O)O.C[SiH](C)O[Si](O)(O[Si](C)(O)O[Si](C)(O)O)O[Si](O)(O)O[Si](C)(O)O. The van der Waals surface area contributed by atoms with E-state index in [0.29, 0.717) is 0 Å². The lowest BCUT2D eigenvalue weighted by Crippen LogP contribution is -2.67. The molecule has 6 atom stereocenters. The van der Waals surface area contributed by atoms with Crippen LogP contribution in [0, 0.1) is 0 Å². The first kappa shape index (κ1) is 99.7. The first-order chi connectivity index (χ1) is 37.6. The monoisotopic (exact) mass is 1680 g/mol. The average Bonchev–Trinajstić information content (AvgIpc) is 2.99. The normalized spacial score (nSPS) is 18.1. The van der Waals surface area contributed by atoms with Crippen molar-refractivity contribution in [1.82, 2.24) is 0 Å². The molecule has 0 rings (SSSR count). The molecule has 0 bridgehead atoms. The molecule has 0 aliphatic heterocycles. The number of rotatable bonds is 34. The van der Waals surface area contributed by atoms with E-state index >= 15 is 0 Å². The third-order valence-electron chi connectivity index (χ3n) is 6.05. The summed E-state index contributed by atoms with van der Waals surface area (Å²) >= 11 is 0. The van der Waals surface area contributed by atoms with Crippen LogP contribution in [0.25, 0.3) is 0 Å². The standard InChI is InChI=1S/C5H24O13Si6.C5H20O7Si4.C4H20O11Si5.C4H18O8Si4.C4H16O5Si3/c1-19(2)14-24(13,17-22(5,10)15-20(3,6)7)18-23(11,12)16-21(4,8)9;1-13(2)10-15(4,8)12-16(5,9)11-14(3,6)7;1-16(2)12-20(11,14-18(4,7)8)15-19(9,10)13-17(3,5)6;1-13(2)10-16(9,11-14(3,5)6)12-15(4,7)8;1-10(2)8-12(4,7)9-11(3,5)6/h6-13,19H,1-5H3;6-9,13H,1-5H3;5-11,16H,1-4H3;5-9,13H,1-4H3;5-7,10H,1-4H3. The first-order valence-electron chi connectivity index (χ1n) is 24.9. The van der Waals surface area contributed by atoms with Crippen molar-refractivity contribution in [2.45, 2.75) is 144 Å². The molecule has 0 radical (unpaired) electrons. The molecule has 538 valence electrons. The van der Waals surface area contributed by atoms with Crippen molar-refractivity contribution in [3.63, 3.8) is 0 Å². The zero-order valence-electron chi connectivity index (χ0n) is 52.4. The Morgan fingerprint density at radius 2 is 0.330 bits per heavy atom. The molecule has 0 heterocycles. The van der Waals surface area contributed by atoms with Gasteiger partial charge in [0, 0.05) is 78.6 Å². The van der Waals surface area contributed by atoms with Gasteiger partial charge < -0.3 is 199 Å². The minimum absolute atomic E-state index is 0.784. The summed E-state index contributed by atoms with van der Waals surface area (Å²) in [5, 5.41) is 0. The van der Waals surface area contributed by atoms with Crippen LogP contribution in [0.1, 0.15) is 0 Å². The predicted octanol–water partition coefficient (Wildman–Crippen LogP) is -13.1. The van der Waals surface area contributed by atoms with Gasteiger partial charge in [0.05, 0.1) is 0 Å². The van der Waals surface area contributed by atoms with Gasteiger partial charge >= 0.3 is 151 Å². The first-order valence-corrected chi connectivity index (χ1v) is 74.7. The number of hydrogen-bond donors (Lipinski definition) is 27. The van der Waals surface area contributed by atoms with Crippen LogP contribution < -0.4 is 0 Å². The topological polar surface area (TPSA) is 703 Å². The molecule has 66 heteroatoms. The molecule has 0 spiro atoms. The van der Waals surface area contributed by atoms with Gasteiger partial charge in [-0.25, -0.2) is 0 Å². The van der Waals surface area contributed by atoms with E-state index in [0.717, 1.165) is 52.4 Å². The maximum absolute atomic E-state index is 10.3. The van der Waals surface area contributed by atoms with E-state index < -0.39 is 196 Å². The van der Waals surface area contributed by atoms with E-state index in [1.807, 2.05) is 26.2 Å². The highest BCUT2D eigenvalue weighted by atomic mass is 28.6. The van der Waals surface area contributed by atoms with Crippen LogP contribution in [0.4, 0.5) is 0 Å². The molecule has 0 saturated carbocycles. The third-order valence-corrected chi connectivity index (χ3v) is 54.5. The Kier molecular flexibility index (Phi) is 43.0. The Balaban J connectivity index is -0.000000332. The Morgan fingerprint density at radius 1 is 0.170 bits per heavy atom. The van der Waals surface area contributed by atoms with Crippen molar-refractivity contribution in [3.8, 4) is 0 Å². The van der Waals surface area contributed by atoms with Crippen LogP contribution in [0.5, 0.6) is 0 Å². The minimum atomic E-state index is -5.31. The van der Waals surface area contributed by atoms with Gasteiger partial charge in [-0.2, -0.15) is 0 Å². The summed E-state index contributed by atoms with van der Waals surface area (Å²) in [6.45, 7) is 29.5. The van der Waals surface area contributed by atoms with Crippen LogP contribution in [-0.4, -0.2) is 326 Å². The van der Waals surface area contributed by atoms with Crippen LogP contribution >= 0.6 is 0 Å². The molecule has 0 saturated heterocycles. The summed E-state index contributed by atoms with van der Waals surface area (Å²) in [4.78, 5) is 253. The van der Waals surface area contributed by atoms with Crippen LogP contribution in [0.3, 0.4) is 0 Å². The lowest BCUT2D eigenvalue weighted by Gasteiger charge is -2.35. The summed E-state index contributed by atoms with van der Waals surface area (Å²) in [6, 6.07) is 0. The molecule has 0 aliphatic carbocycles. The van der Waals surface area contributed by atoms with E-state index in [4.69, 9.17) is 90.5 Å². The number of hydrogen-bond acceptors (Lipinski definition) is 44. The Hall–Kier alpha value is 3.01. The van der Waals surface area contributed by atoms with Crippen LogP contribution in [0.15, 0.2) is 0 Å². The van der Waals surface area contributed by atoms with Gasteiger partial charge in [0.2, 0.25) is 0 Å². The lowest BCUT2D eigenvalue weighted by atomic mass is 11.9. The Morgan fingerprint density at radius 3 is 0.523 bits per heavy atom. The summed E-state index contributed by atoms with van der Waals surface area (Å²) in [5.74, 6) is 0. The smallest absolute Gasteiger partial charge is 0.419 e. The highest BCUT2D eigenvalue weighted by molar-refractivity contribution is 6.84. The molecular weight excluding hydrogens is 1590 g/mol. The summed E-state index contributed by atoms with van der Waals surface area (Å²) < 4.78 is 80.2. The molecule has 44 nitrogen and oxygen atoms in total. The van der Waals surface area contributed by atoms with Crippen LogP contribution in [0.2, 0.25) is 144 Å². The van der Waals surface area contributed by atoms with Gasteiger partial charge in [0.15, 0.2) is 45.2 Å². The van der Waals surface area contributed by atoms with Gasteiger partial charge in [-0.15, -0.1) is 0 Å². The molecule has 0 aromatic heterocycles. The molecule has 88 heavy (non-hydrogen) atoms. The maximum atomic E-state index is 10.3. The molecule has 0 aromatic rings. The van der Waals surface area contributed by atoms with Gasteiger partial charge in [0.1, 0.15) is 0 Å². The fourth-order valence-corrected chi connectivity index (χ4v) is 54.2. The quantitative estimate of drug-likeness (QED) is 0.0266.